The smallest absolute Gasteiger partial charge is 0.0834 e. The third kappa shape index (κ3) is 2.44. The summed E-state index contributed by atoms with van der Waals surface area (Å²) in [7, 11) is 0. The monoisotopic (exact) mass is 265 g/mol. The predicted molar refractivity (Wildman–Crippen MR) is 81.8 cm³/mol. The molecule has 0 unspecified atom stereocenters. The maximum Gasteiger partial charge on any atom is 0.0834 e. The molecule has 0 fully saturated rings. The summed E-state index contributed by atoms with van der Waals surface area (Å²) in [5.41, 5.74) is 4.54. The Morgan fingerprint density at radius 1 is 0.950 bits per heavy atom. The van der Waals surface area contributed by atoms with Crippen molar-refractivity contribution in [1.29, 1.82) is 0 Å². The van der Waals surface area contributed by atoms with Crippen molar-refractivity contribution in [3.05, 3.63) is 59.5 Å². The van der Waals surface area contributed by atoms with E-state index in [9.17, 15) is 0 Å². The van der Waals surface area contributed by atoms with Crippen LogP contribution in [0.25, 0.3) is 10.9 Å². The second kappa shape index (κ2) is 5.45. The van der Waals surface area contributed by atoms with Crippen LogP contribution >= 0.6 is 0 Å². The number of aryl methyl sites for hydroxylation is 2. The van der Waals surface area contributed by atoms with Crippen LogP contribution in [0.4, 0.5) is 0 Å². The van der Waals surface area contributed by atoms with Gasteiger partial charge in [0.05, 0.1) is 23.4 Å². The summed E-state index contributed by atoms with van der Waals surface area (Å²) >= 11 is 0. The number of fused-ring (bicyclic) bond motifs is 1. The van der Waals surface area contributed by atoms with Crippen molar-refractivity contribution in [1.82, 2.24) is 14.8 Å². The molecular formula is C17H19N3. The highest BCUT2D eigenvalue weighted by Gasteiger charge is 2.07. The predicted octanol–water partition coefficient (Wildman–Crippen LogP) is 3.60. The molecule has 1 aromatic carbocycles. The normalized spacial score (nSPS) is 11.1. The molecule has 0 saturated carbocycles. The number of rotatable bonds is 4. The third-order valence-electron chi connectivity index (χ3n) is 3.61. The van der Waals surface area contributed by atoms with E-state index >= 15 is 0 Å². The number of benzene rings is 1. The molecule has 0 saturated heterocycles. The average molecular weight is 265 g/mol. The van der Waals surface area contributed by atoms with Crippen molar-refractivity contribution in [3.63, 3.8) is 0 Å². The van der Waals surface area contributed by atoms with Crippen LogP contribution in [0.5, 0.6) is 0 Å². The molecule has 2 heterocycles. The number of para-hydroxylation sites is 1. The van der Waals surface area contributed by atoms with E-state index in [4.69, 9.17) is 4.98 Å². The first-order valence-electron chi connectivity index (χ1n) is 7.20. The minimum atomic E-state index is 0.744. The fourth-order valence-corrected chi connectivity index (χ4v) is 2.46. The van der Waals surface area contributed by atoms with E-state index in [2.05, 4.69) is 54.0 Å². The fourth-order valence-electron chi connectivity index (χ4n) is 2.46. The highest BCUT2D eigenvalue weighted by molar-refractivity contribution is 5.78. The summed E-state index contributed by atoms with van der Waals surface area (Å²) in [6.45, 7) is 5.05. The largest absolute Gasteiger partial charge is 0.263 e. The zero-order chi connectivity index (χ0) is 13.9. The molecular weight excluding hydrogens is 246 g/mol. The van der Waals surface area contributed by atoms with Crippen LogP contribution in [-0.4, -0.2) is 14.8 Å². The Labute approximate surface area is 119 Å². The first-order chi connectivity index (χ1) is 9.80. The van der Waals surface area contributed by atoms with E-state index in [-0.39, 0.29) is 0 Å². The molecule has 0 bridgehead atoms. The van der Waals surface area contributed by atoms with Crippen molar-refractivity contribution in [2.75, 3.05) is 0 Å². The lowest BCUT2D eigenvalue weighted by atomic mass is 10.2. The van der Waals surface area contributed by atoms with Crippen LogP contribution in [-0.2, 0) is 19.4 Å². The number of hydrogen-bond donors (Lipinski definition) is 0. The molecule has 102 valence electrons. The Morgan fingerprint density at radius 2 is 1.80 bits per heavy atom. The summed E-state index contributed by atoms with van der Waals surface area (Å²) in [4.78, 5) is 4.72. The molecule has 2 aromatic heterocycles. The van der Waals surface area contributed by atoms with Crippen molar-refractivity contribution in [3.8, 4) is 0 Å². The average Bonchev–Trinajstić information content (AvgIpc) is 2.89. The van der Waals surface area contributed by atoms with E-state index in [0.717, 1.165) is 36.3 Å². The molecule has 0 aliphatic heterocycles. The van der Waals surface area contributed by atoms with Crippen molar-refractivity contribution in [2.45, 2.75) is 33.2 Å². The van der Waals surface area contributed by atoms with Gasteiger partial charge in [-0.1, -0.05) is 38.1 Å². The molecule has 3 heteroatoms. The molecule has 0 N–H and O–H groups in total. The van der Waals surface area contributed by atoms with Crippen LogP contribution in [0, 0.1) is 0 Å². The quantitative estimate of drug-likeness (QED) is 0.721. The minimum Gasteiger partial charge on any atom is -0.263 e. The summed E-state index contributed by atoms with van der Waals surface area (Å²) in [5, 5.41) is 5.83. The van der Waals surface area contributed by atoms with Gasteiger partial charge >= 0.3 is 0 Å². The molecule has 0 atom stereocenters. The Kier molecular flexibility index (Phi) is 3.50. The lowest BCUT2D eigenvalue weighted by molar-refractivity contribution is 0.631. The van der Waals surface area contributed by atoms with Crippen LogP contribution in [0.1, 0.15) is 30.9 Å². The Morgan fingerprint density at radius 3 is 2.60 bits per heavy atom. The van der Waals surface area contributed by atoms with Gasteiger partial charge in [-0.25, -0.2) is 0 Å². The topological polar surface area (TPSA) is 30.7 Å². The second-order valence-electron chi connectivity index (χ2n) is 4.99. The number of aromatic nitrogens is 3. The Hall–Kier alpha value is -2.16. The summed E-state index contributed by atoms with van der Waals surface area (Å²) in [5.74, 6) is 0. The summed E-state index contributed by atoms with van der Waals surface area (Å²) in [6.07, 6.45) is 1.98. The fraction of sp³-hybridized carbons (Fsp3) is 0.294. The molecule has 3 nitrogen and oxygen atoms in total. The first kappa shape index (κ1) is 12.9. The van der Waals surface area contributed by atoms with Crippen LogP contribution in [0.2, 0.25) is 0 Å². The maximum absolute atomic E-state index is 4.72. The number of nitrogens with zero attached hydrogens (tertiary/aromatic N) is 3. The van der Waals surface area contributed by atoms with E-state index < -0.39 is 0 Å². The first-order valence-corrected chi connectivity index (χ1v) is 7.20. The van der Waals surface area contributed by atoms with Crippen LogP contribution < -0.4 is 0 Å². The van der Waals surface area contributed by atoms with Gasteiger partial charge in [0.15, 0.2) is 0 Å². The number of hydrogen-bond acceptors (Lipinski definition) is 2. The number of pyridine rings is 1. The molecule has 0 aliphatic carbocycles. The standard InChI is InChI=1S/C17H19N3/c1-3-14-11-16(4-2)20(19-14)12-15-10-9-13-7-5-6-8-17(13)18-15/h5-11H,3-4,12H2,1-2H3. The lowest BCUT2D eigenvalue weighted by Crippen LogP contribution is -2.07. The second-order valence-corrected chi connectivity index (χ2v) is 4.99. The zero-order valence-corrected chi connectivity index (χ0v) is 12.0. The molecule has 20 heavy (non-hydrogen) atoms. The van der Waals surface area contributed by atoms with Crippen LogP contribution in [0.3, 0.4) is 0 Å². The molecule has 3 rings (SSSR count). The van der Waals surface area contributed by atoms with Gasteiger partial charge in [-0.2, -0.15) is 5.10 Å². The van der Waals surface area contributed by atoms with Gasteiger partial charge in [0.25, 0.3) is 0 Å². The third-order valence-corrected chi connectivity index (χ3v) is 3.61. The van der Waals surface area contributed by atoms with Gasteiger partial charge in [0.2, 0.25) is 0 Å². The molecule has 3 aromatic rings. The summed E-state index contributed by atoms with van der Waals surface area (Å²) in [6, 6.07) is 14.6. The van der Waals surface area contributed by atoms with E-state index in [1.54, 1.807) is 0 Å². The van der Waals surface area contributed by atoms with E-state index in [0.29, 0.717) is 0 Å². The van der Waals surface area contributed by atoms with Gasteiger partial charge in [0.1, 0.15) is 0 Å². The molecule has 0 radical (unpaired) electrons. The minimum absolute atomic E-state index is 0.744. The highest BCUT2D eigenvalue weighted by atomic mass is 15.3. The summed E-state index contributed by atoms with van der Waals surface area (Å²) < 4.78 is 2.08. The van der Waals surface area contributed by atoms with E-state index in [1.807, 2.05) is 12.1 Å². The van der Waals surface area contributed by atoms with Crippen molar-refractivity contribution >= 4 is 10.9 Å². The highest BCUT2D eigenvalue weighted by Crippen LogP contribution is 2.14. The van der Waals surface area contributed by atoms with Crippen LogP contribution in [0.15, 0.2) is 42.5 Å². The Bertz CT molecular complexity index is 728. The lowest BCUT2D eigenvalue weighted by Gasteiger charge is -2.06. The van der Waals surface area contributed by atoms with Gasteiger partial charge < -0.3 is 0 Å². The van der Waals surface area contributed by atoms with Gasteiger partial charge in [-0.3, -0.25) is 9.67 Å². The van der Waals surface area contributed by atoms with Crippen molar-refractivity contribution < 1.29 is 0 Å². The molecule has 0 amide bonds. The molecule has 0 spiro atoms. The van der Waals surface area contributed by atoms with Crippen molar-refractivity contribution in [2.24, 2.45) is 0 Å². The zero-order valence-electron chi connectivity index (χ0n) is 12.0. The molecule has 0 aliphatic rings. The maximum atomic E-state index is 4.72. The van der Waals surface area contributed by atoms with Gasteiger partial charge in [-0.05, 0) is 31.0 Å². The van der Waals surface area contributed by atoms with E-state index in [1.165, 1.54) is 11.1 Å². The Balaban J connectivity index is 1.94. The van der Waals surface area contributed by atoms with Gasteiger partial charge in [-0.15, -0.1) is 0 Å². The van der Waals surface area contributed by atoms with Gasteiger partial charge in [0, 0.05) is 11.1 Å². The SMILES string of the molecule is CCc1cc(CC)n(Cc2ccc3ccccc3n2)n1.